The van der Waals surface area contributed by atoms with Gasteiger partial charge in [0.05, 0.1) is 0 Å². The van der Waals surface area contributed by atoms with Gasteiger partial charge in [-0.3, -0.25) is 0 Å². The van der Waals surface area contributed by atoms with Crippen molar-refractivity contribution >= 4 is 10.8 Å². The van der Waals surface area contributed by atoms with Crippen LogP contribution in [0.5, 0.6) is 0 Å². The van der Waals surface area contributed by atoms with Gasteiger partial charge in [-0.1, -0.05) is 147 Å². The molecule has 1 aliphatic rings. The van der Waals surface area contributed by atoms with E-state index in [4.69, 9.17) is 15.0 Å². The van der Waals surface area contributed by atoms with Crippen molar-refractivity contribution in [3.8, 4) is 56.4 Å². The van der Waals surface area contributed by atoms with Crippen LogP contribution in [0.25, 0.3) is 67.2 Å². The van der Waals surface area contributed by atoms with Crippen molar-refractivity contribution in [1.82, 2.24) is 15.0 Å². The second kappa shape index (κ2) is 9.85. The summed E-state index contributed by atoms with van der Waals surface area (Å²) in [6, 6.07) is 49.0. The van der Waals surface area contributed by atoms with Gasteiger partial charge < -0.3 is 0 Å². The van der Waals surface area contributed by atoms with Gasteiger partial charge in [0.15, 0.2) is 17.5 Å². The van der Waals surface area contributed by atoms with Crippen LogP contribution in [0.3, 0.4) is 0 Å². The van der Waals surface area contributed by atoms with Crippen molar-refractivity contribution in [2.45, 2.75) is 19.3 Å². The lowest BCUT2D eigenvalue weighted by Gasteiger charge is -2.21. The third-order valence-electron chi connectivity index (χ3n) is 8.74. The Kier molecular flexibility index (Phi) is 5.80. The van der Waals surface area contributed by atoms with Gasteiger partial charge in [0.25, 0.3) is 0 Å². The fourth-order valence-corrected chi connectivity index (χ4v) is 6.45. The maximum Gasteiger partial charge on any atom is 0.164 e. The maximum atomic E-state index is 5.05. The minimum atomic E-state index is -0.0527. The molecule has 3 nitrogen and oxygen atoms in total. The van der Waals surface area contributed by atoms with Crippen LogP contribution < -0.4 is 0 Å². The van der Waals surface area contributed by atoms with E-state index in [1.54, 1.807) is 0 Å². The Balaban J connectivity index is 1.30. The molecule has 43 heavy (non-hydrogen) atoms. The Hall–Kier alpha value is -5.41. The first-order chi connectivity index (χ1) is 21.1. The van der Waals surface area contributed by atoms with Gasteiger partial charge in [-0.15, -0.1) is 0 Å². The maximum absolute atomic E-state index is 5.05. The highest BCUT2D eigenvalue weighted by molar-refractivity contribution is 6.03. The van der Waals surface area contributed by atoms with Crippen LogP contribution in [0.15, 0.2) is 140 Å². The number of benzene rings is 6. The molecule has 0 N–H and O–H groups in total. The Bertz CT molecular complexity index is 2130. The topological polar surface area (TPSA) is 38.7 Å². The summed E-state index contributed by atoms with van der Waals surface area (Å²) in [7, 11) is 0. The first kappa shape index (κ1) is 25.3. The second-order valence-electron chi connectivity index (χ2n) is 11.7. The monoisotopic (exact) mass is 551 g/mol. The molecule has 0 saturated heterocycles. The molecule has 0 radical (unpaired) electrons. The zero-order chi connectivity index (χ0) is 29.0. The average molecular weight is 552 g/mol. The predicted molar refractivity (Wildman–Crippen MR) is 177 cm³/mol. The molecular weight excluding hydrogens is 522 g/mol. The lowest BCUT2D eigenvalue weighted by atomic mass is 9.82. The van der Waals surface area contributed by atoms with E-state index < -0.39 is 0 Å². The summed E-state index contributed by atoms with van der Waals surface area (Å²) < 4.78 is 0. The number of aromatic nitrogens is 3. The second-order valence-corrected chi connectivity index (χ2v) is 11.7. The van der Waals surface area contributed by atoms with Gasteiger partial charge in [-0.2, -0.15) is 0 Å². The SMILES string of the molecule is CC1(C)c2ccccc2-c2c1ccc1ccc(-c3nc(-c4ccccc4)nc(-c4ccc(-c5ccccc5)cc4)n3)cc21. The molecule has 0 aliphatic heterocycles. The van der Waals surface area contributed by atoms with Gasteiger partial charge in [0, 0.05) is 22.1 Å². The zero-order valence-corrected chi connectivity index (χ0v) is 24.1. The molecule has 0 spiro atoms. The highest BCUT2D eigenvalue weighted by Gasteiger charge is 2.36. The van der Waals surface area contributed by atoms with E-state index in [1.165, 1.54) is 38.6 Å². The lowest BCUT2D eigenvalue weighted by Crippen LogP contribution is -2.14. The molecule has 0 amide bonds. The molecule has 0 saturated carbocycles. The third-order valence-corrected chi connectivity index (χ3v) is 8.74. The van der Waals surface area contributed by atoms with Crippen molar-refractivity contribution in [2.24, 2.45) is 0 Å². The van der Waals surface area contributed by atoms with Crippen molar-refractivity contribution < 1.29 is 0 Å². The predicted octanol–water partition coefficient (Wildman–Crippen LogP) is 10.00. The van der Waals surface area contributed by atoms with Crippen LogP contribution >= 0.6 is 0 Å². The number of nitrogens with zero attached hydrogens (tertiary/aromatic N) is 3. The molecule has 1 aromatic heterocycles. The van der Waals surface area contributed by atoms with Crippen LogP contribution in [0, 0.1) is 0 Å². The molecular formula is C40H29N3. The molecule has 0 bridgehead atoms. The molecule has 0 fully saturated rings. The van der Waals surface area contributed by atoms with Gasteiger partial charge in [0.1, 0.15) is 0 Å². The van der Waals surface area contributed by atoms with Crippen molar-refractivity contribution in [1.29, 1.82) is 0 Å². The summed E-state index contributed by atoms with van der Waals surface area (Å²) in [6.45, 7) is 4.64. The van der Waals surface area contributed by atoms with Crippen LogP contribution in [-0.4, -0.2) is 15.0 Å². The van der Waals surface area contributed by atoms with E-state index in [1.807, 2.05) is 36.4 Å². The van der Waals surface area contributed by atoms with E-state index >= 15 is 0 Å². The van der Waals surface area contributed by atoms with E-state index in [0.717, 1.165) is 22.3 Å². The van der Waals surface area contributed by atoms with Gasteiger partial charge in [0.2, 0.25) is 0 Å². The number of hydrogen-bond donors (Lipinski definition) is 0. The smallest absolute Gasteiger partial charge is 0.164 e. The zero-order valence-electron chi connectivity index (χ0n) is 24.1. The van der Waals surface area contributed by atoms with Crippen LogP contribution in [0.2, 0.25) is 0 Å². The van der Waals surface area contributed by atoms with Gasteiger partial charge in [-0.25, -0.2) is 15.0 Å². The summed E-state index contributed by atoms with van der Waals surface area (Å²) in [6.07, 6.45) is 0. The summed E-state index contributed by atoms with van der Waals surface area (Å²) in [5, 5.41) is 2.44. The minimum Gasteiger partial charge on any atom is -0.208 e. The molecule has 8 rings (SSSR count). The first-order valence-electron chi connectivity index (χ1n) is 14.7. The molecule has 6 aromatic carbocycles. The van der Waals surface area contributed by atoms with Crippen molar-refractivity contribution in [3.05, 3.63) is 151 Å². The molecule has 7 aromatic rings. The number of fused-ring (bicyclic) bond motifs is 5. The average Bonchev–Trinajstić information content (AvgIpc) is 3.31. The fourth-order valence-electron chi connectivity index (χ4n) is 6.45. The molecule has 1 aliphatic carbocycles. The Morgan fingerprint density at radius 3 is 1.60 bits per heavy atom. The molecule has 3 heteroatoms. The molecule has 1 heterocycles. The van der Waals surface area contributed by atoms with E-state index in [-0.39, 0.29) is 5.41 Å². The van der Waals surface area contributed by atoms with E-state index in [2.05, 4.69) is 117 Å². The quantitative estimate of drug-likeness (QED) is 0.218. The number of rotatable bonds is 4. The summed E-state index contributed by atoms with van der Waals surface area (Å²) >= 11 is 0. The fraction of sp³-hybridized carbons (Fsp3) is 0.0750. The largest absolute Gasteiger partial charge is 0.208 e. The lowest BCUT2D eigenvalue weighted by molar-refractivity contribution is 0.661. The molecule has 0 atom stereocenters. The van der Waals surface area contributed by atoms with Gasteiger partial charge >= 0.3 is 0 Å². The molecule has 204 valence electrons. The van der Waals surface area contributed by atoms with Crippen LogP contribution in [-0.2, 0) is 5.41 Å². The highest BCUT2D eigenvalue weighted by atomic mass is 15.0. The first-order valence-corrected chi connectivity index (χ1v) is 14.7. The summed E-state index contributed by atoms with van der Waals surface area (Å²) in [5.41, 5.74) is 10.5. The van der Waals surface area contributed by atoms with Crippen LogP contribution in [0.4, 0.5) is 0 Å². The minimum absolute atomic E-state index is 0.0527. The van der Waals surface area contributed by atoms with E-state index in [9.17, 15) is 0 Å². The highest BCUT2D eigenvalue weighted by Crippen LogP contribution is 2.51. The normalized spacial score (nSPS) is 13.1. The standard InChI is InChI=1S/C40H29N3/c1-40(2)34-16-10-9-15-32(34)36-33-25-31(22-19-28(33)23-24-35(36)40)39-42-37(29-13-7-4-8-14-29)41-38(43-39)30-20-17-27(18-21-30)26-11-5-3-6-12-26/h3-25H,1-2H3. The summed E-state index contributed by atoms with van der Waals surface area (Å²) in [4.78, 5) is 15.0. The summed E-state index contributed by atoms with van der Waals surface area (Å²) in [5.74, 6) is 1.99. The Morgan fingerprint density at radius 2 is 0.907 bits per heavy atom. The molecule has 0 unspecified atom stereocenters. The Morgan fingerprint density at radius 1 is 0.419 bits per heavy atom. The third kappa shape index (κ3) is 4.24. The van der Waals surface area contributed by atoms with Crippen molar-refractivity contribution in [3.63, 3.8) is 0 Å². The van der Waals surface area contributed by atoms with Gasteiger partial charge in [-0.05, 0) is 50.2 Å². The Labute approximate surface area is 251 Å². The van der Waals surface area contributed by atoms with E-state index in [0.29, 0.717) is 17.5 Å². The van der Waals surface area contributed by atoms with Crippen LogP contribution in [0.1, 0.15) is 25.0 Å². The van der Waals surface area contributed by atoms with Crippen molar-refractivity contribution in [2.75, 3.05) is 0 Å². The number of hydrogen-bond acceptors (Lipinski definition) is 3.